The summed E-state index contributed by atoms with van der Waals surface area (Å²) in [5.74, 6) is 0. The van der Waals surface area contributed by atoms with Gasteiger partial charge in [0.25, 0.3) is 0 Å². The molecule has 0 bridgehead atoms. The lowest BCUT2D eigenvalue weighted by molar-refractivity contribution is 0.134. The van der Waals surface area contributed by atoms with Gasteiger partial charge in [-0.15, -0.1) is 11.3 Å². The third kappa shape index (κ3) is 3.03. The highest BCUT2D eigenvalue weighted by molar-refractivity contribution is 7.09. The summed E-state index contributed by atoms with van der Waals surface area (Å²) >= 11 is 1.74. The standard InChI is InChI=1S/C15H19N3S/c1-12-7-17-15(13-5-3-2-4-6-13)10-18(12)9-14-8-16-11-19-14/h2-6,8,11-12,15,17H,7,9-10H2,1H3. The molecule has 19 heavy (non-hydrogen) atoms. The van der Waals surface area contributed by atoms with Gasteiger partial charge in [0.1, 0.15) is 0 Å². The minimum atomic E-state index is 0.435. The van der Waals surface area contributed by atoms with Crippen molar-refractivity contribution in [3.63, 3.8) is 0 Å². The molecule has 3 rings (SSSR count). The summed E-state index contributed by atoms with van der Waals surface area (Å²) in [4.78, 5) is 8.06. The van der Waals surface area contributed by atoms with E-state index in [-0.39, 0.29) is 0 Å². The summed E-state index contributed by atoms with van der Waals surface area (Å²) < 4.78 is 0. The van der Waals surface area contributed by atoms with E-state index < -0.39 is 0 Å². The molecule has 4 heteroatoms. The number of hydrogen-bond acceptors (Lipinski definition) is 4. The largest absolute Gasteiger partial charge is 0.307 e. The predicted octanol–water partition coefficient (Wildman–Crippen LogP) is 2.68. The minimum absolute atomic E-state index is 0.435. The molecule has 2 aromatic rings. The molecule has 1 N–H and O–H groups in total. The van der Waals surface area contributed by atoms with E-state index in [0.29, 0.717) is 12.1 Å². The molecule has 0 spiro atoms. The van der Waals surface area contributed by atoms with Crippen LogP contribution in [0, 0.1) is 0 Å². The van der Waals surface area contributed by atoms with Gasteiger partial charge >= 0.3 is 0 Å². The zero-order valence-corrected chi connectivity index (χ0v) is 11.9. The Morgan fingerprint density at radius 1 is 1.37 bits per heavy atom. The Bertz CT molecular complexity index is 497. The maximum atomic E-state index is 4.17. The number of benzene rings is 1. The van der Waals surface area contributed by atoms with Crippen LogP contribution >= 0.6 is 11.3 Å². The Balaban J connectivity index is 1.70. The second-order valence-electron chi connectivity index (χ2n) is 5.12. The van der Waals surface area contributed by atoms with E-state index >= 15 is 0 Å². The smallest absolute Gasteiger partial charge is 0.0794 e. The van der Waals surface area contributed by atoms with Gasteiger partial charge in [-0.1, -0.05) is 30.3 Å². The highest BCUT2D eigenvalue weighted by atomic mass is 32.1. The lowest BCUT2D eigenvalue weighted by Gasteiger charge is -2.38. The van der Waals surface area contributed by atoms with Gasteiger partial charge in [-0.05, 0) is 12.5 Å². The molecule has 0 saturated carbocycles. The lowest BCUT2D eigenvalue weighted by atomic mass is 10.0. The summed E-state index contributed by atoms with van der Waals surface area (Å²) in [6, 6.07) is 11.7. The van der Waals surface area contributed by atoms with E-state index in [4.69, 9.17) is 0 Å². The summed E-state index contributed by atoms with van der Waals surface area (Å²) in [6.07, 6.45) is 1.98. The van der Waals surface area contributed by atoms with Gasteiger partial charge in [-0.2, -0.15) is 0 Å². The Kier molecular flexibility index (Phi) is 3.92. The summed E-state index contributed by atoms with van der Waals surface area (Å²) in [5.41, 5.74) is 3.29. The second-order valence-corrected chi connectivity index (χ2v) is 6.09. The number of rotatable bonds is 3. The van der Waals surface area contributed by atoms with Crippen LogP contribution < -0.4 is 5.32 Å². The third-order valence-electron chi connectivity index (χ3n) is 3.74. The quantitative estimate of drug-likeness (QED) is 0.932. The van der Waals surface area contributed by atoms with E-state index in [1.807, 2.05) is 11.7 Å². The van der Waals surface area contributed by atoms with Gasteiger partial charge in [0.15, 0.2) is 0 Å². The van der Waals surface area contributed by atoms with Crippen LogP contribution in [0.25, 0.3) is 0 Å². The molecule has 0 amide bonds. The first kappa shape index (κ1) is 12.8. The van der Waals surface area contributed by atoms with Crippen molar-refractivity contribution in [3.8, 4) is 0 Å². The van der Waals surface area contributed by atoms with Gasteiger partial charge in [0.05, 0.1) is 5.51 Å². The normalized spacial score (nSPS) is 24.5. The Hall–Kier alpha value is -1.23. The van der Waals surface area contributed by atoms with Gasteiger partial charge in [0, 0.05) is 42.8 Å². The molecule has 1 aromatic carbocycles. The van der Waals surface area contributed by atoms with E-state index in [9.17, 15) is 0 Å². The van der Waals surface area contributed by atoms with Gasteiger partial charge in [-0.3, -0.25) is 9.88 Å². The van der Waals surface area contributed by atoms with Gasteiger partial charge < -0.3 is 5.32 Å². The van der Waals surface area contributed by atoms with Crippen molar-refractivity contribution in [2.45, 2.75) is 25.6 Å². The summed E-state index contributed by atoms with van der Waals surface area (Å²) in [6.45, 7) is 5.40. The zero-order valence-electron chi connectivity index (χ0n) is 11.1. The van der Waals surface area contributed by atoms with Crippen molar-refractivity contribution in [1.29, 1.82) is 0 Å². The average Bonchev–Trinajstić information content (AvgIpc) is 2.95. The zero-order chi connectivity index (χ0) is 13.1. The summed E-state index contributed by atoms with van der Waals surface area (Å²) in [7, 11) is 0. The number of aromatic nitrogens is 1. The average molecular weight is 273 g/mol. The fourth-order valence-electron chi connectivity index (χ4n) is 2.57. The van der Waals surface area contributed by atoms with E-state index in [1.165, 1.54) is 10.4 Å². The molecule has 1 aliphatic rings. The van der Waals surface area contributed by atoms with Crippen LogP contribution in [0.15, 0.2) is 42.0 Å². The minimum Gasteiger partial charge on any atom is -0.307 e. The number of piperazine rings is 1. The van der Waals surface area contributed by atoms with Crippen molar-refractivity contribution in [2.75, 3.05) is 13.1 Å². The highest BCUT2D eigenvalue weighted by Crippen LogP contribution is 2.22. The van der Waals surface area contributed by atoms with Crippen molar-refractivity contribution in [1.82, 2.24) is 15.2 Å². The Morgan fingerprint density at radius 2 is 2.21 bits per heavy atom. The van der Waals surface area contributed by atoms with Crippen LogP contribution in [0.1, 0.15) is 23.4 Å². The van der Waals surface area contributed by atoms with Crippen LogP contribution in [-0.2, 0) is 6.54 Å². The Labute approximate surface area is 118 Å². The van der Waals surface area contributed by atoms with Crippen molar-refractivity contribution in [2.24, 2.45) is 0 Å². The number of hydrogen-bond donors (Lipinski definition) is 1. The molecule has 100 valence electrons. The molecule has 2 unspecified atom stereocenters. The topological polar surface area (TPSA) is 28.2 Å². The van der Waals surface area contributed by atoms with Gasteiger partial charge in [0.2, 0.25) is 0 Å². The maximum absolute atomic E-state index is 4.17. The van der Waals surface area contributed by atoms with Crippen LogP contribution in [0.2, 0.25) is 0 Å². The maximum Gasteiger partial charge on any atom is 0.0794 e. The monoisotopic (exact) mass is 273 g/mol. The third-order valence-corrected chi connectivity index (χ3v) is 4.51. The first-order valence-corrected chi connectivity index (χ1v) is 7.60. The first-order chi connectivity index (χ1) is 9.33. The molecule has 1 aliphatic heterocycles. The van der Waals surface area contributed by atoms with Crippen LogP contribution in [0.5, 0.6) is 0 Å². The molecule has 0 aliphatic carbocycles. The van der Waals surface area contributed by atoms with Crippen molar-refractivity contribution < 1.29 is 0 Å². The molecule has 0 radical (unpaired) electrons. The molecule has 1 aromatic heterocycles. The first-order valence-electron chi connectivity index (χ1n) is 6.72. The van der Waals surface area contributed by atoms with Gasteiger partial charge in [-0.25, -0.2) is 0 Å². The summed E-state index contributed by atoms with van der Waals surface area (Å²) in [5, 5.41) is 3.64. The molecule has 1 saturated heterocycles. The fraction of sp³-hybridized carbons (Fsp3) is 0.400. The SMILES string of the molecule is CC1CNC(c2ccccc2)CN1Cc1cncs1. The molecule has 2 atom stereocenters. The van der Waals surface area contributed by atoms with Crippen LogP contribution in [0.3, 0.4) is 0 Å². The van der Waals surface area contributed by atoms with E-state index in [0.717, 1.165) is 19.6 Å². The molecule has 3 nitrogen and oxygen atoms in total. The second kappa shape index (κ2) is 5.82. The van der Waals surface area contributed by atoms with Crippen molar-refractivity contribution in [3.05, 3.63) is 52.5 Å². The van der Waals surface area contributed by atoms with Crippen LogP contribution in [-0.4, -0.2) is 29.0 Å². The molecule has 1 fully saturated rings. The Morgan fingerprint density at radius 3 is 2.95 bits per heavy atom. The van der Waals surface area contributed by atoms with E-state index in [2.05, 4.69) is 52.5 Å². The van der Waals surface area contributed by atoms with E-state index in [1.54, 1.807) is 11.3 Å². The van der Waals surface area contributed by atoms with Crippen molar-refractivity contribution >= 4 is 11.3 Å². The number of nitrogens with one attached hydrogen (secondary N) is 1. The van der Waals surface area contributed by atoms with Crippen LogP contribution in [0.4, 0.5) is 0 Å². The fourth-order valence-corrected chi connectivity index (χ4v) is 3.19. The number of thiazole rings is 1. The molecular weight excluding hydrogens is 254 g/mol. The lowest BCUT2D eigenvalue weighted by Crippen LogP contribution is -2.50. The molecular formula is C15H19N3S. The molecule has 2 heterocycles. The number of nitrogens with zero attached hydrogens (tertiary/aromatic N) is 2. The highest BCUT2D eigenvalue weighted by Gasteiger charge is 2.25. The predicted molar refractivity (Wildman–Crippen MR) is 79.2 cm³/mol.